The minimum Gasteiger partial charge on any atom is -0.511 e. The molecule has 0 aromatic heterocycles. The fraction of sp³-hybridized carbons (Fsp3) is 0.471. The molecule has 110 valence electrons. The summed E-state index contributed by atoms with van der Waals surface area (Å²) in [5, 5.41) is 10.7. The van der Waals surface area contributed by atoms with E-state index in [-0.39, 0.29) is 35.6 Å². The Labute approximate surface area is 132 Å². The molecule has 2 aliphatic heterocycles. The predicted octanol–water partition coefficient (Wildman–Crippen LogP) is 3.66. The van der Waals surface area contributed by atoms with Gasteiger partial charge in [-0.2, -0.15) is 0 Å². The van der Waals surface area contributed by atoms with Crippen molar-refractivity contribution in [3.8, 4) is 0 Å². The van der Waals surface area contributed by atoms with Gasteiger partial charge in [-0.25, -0.2) is 0 Å². The topological polar surface area (TPSA) is 46.5 Å². The average molecular weight is 349 g/mol. The van der Waals surface area contributed by atoms with Gasteiger partial charge in [-0.3, -0.25) is 4.79 Å². The zero-order valence-corrected chi connectivity index (χ0v) is 13.4. The molecule has 1 aliphatic carbocycles. The number of fused-ring (bicyclic) bond motifs is 5. The third-order valence-corrected chi connectivity index (χ3v) is 5.61. The lowest BCUT2D eigenvalue weighted by Crippen LogP contribution is -2.29. The summed E-state index contributed by atoms with van der Waals surface area (Å²) in [5.41, 5.74) is 2.51. The van der Waals surface area contributed by atoms with Crippen molar-refractivity contribution in [1.82, 2.24) is 0 Å². The number of Topliss-reactive ketones (excluding diaryl/α,β-unsaturated/α-hetero) is 1. The van der Waals surface area contributed by atoms with Gasteiger partial charge < -0.3 is 9.84 Å². The standard InChI is InChI=1S/C17H17BrO3/c1-2-8-7-9(18)3-4-10(8)13-16(19)14-11-5-6-12(21-11)15(14)17(13)20/h3-4,7,11-12,14-15,19H,2,5-6H2,1H3/t11-,12+,14-,15+/m1/s1. The SMILES string of the molecule is CCc1cc(Br)ccc1C1=C(O)[C@H]2[C@@H](C1=O)[C@@H]1CC[C@H]2O1. The number of allylic oxidation sites excluding steroid dienone is 1. The van der Waals surface area contributed by atoms with Crippen molar-refractivity contribution < 1.29 is 14.6 Å². The summed E-state index contributed by atoms with van der Waals surface area (Å²) >= 11 is 3.47. The highest BCUT2D eigenvalue weighted by molar-refractivity contribution is 9.10. The quantitative estimate of drug-likeness (QED) is 0.887. The molecule has 2 heterocycles. The first-order chi connectivity index (χ1) is 10.1. The summed E-state index contributed by atoms with van der Waals surface area (Å²) in [6, 6.07) is 5.90. The summed E-state index contributed by atoms with van der Waals surface area (Å²) in [7, 11) is 0. The van der Waals surface area contributed by atoms with E-state index in [0.717, 1.165) is 34.9 Å². The third kappa shape index (κ3) is 1.78. The number of benzene rings is 1. The van der Waals surface area contributed by atoms with Crippen LogP contribution < -0.4 is 0 Å². The van der Waals surface area contributed by atoms with E-state index in [4.69, 9.17) is 4.74 Å². The number of hydrogen-bond donors (Lipinski definition) is 1. The second-order valence-corrected chi connectivity index (χ2v) is 7.04. The highest BCUT2D eigenvalue weighted by Crippen LogP contribution is 2.53. The van der Waals surface area contributed by atoms with Gasteiger partial charge in [-0.05, 0) is 42.5 Å². The van der Waals surface area contributed by atoms with Crippen LogP contribution in [0.2, 0.25) is 0 Å². The molecule has 4 rings (SSSR count). The summed E-state index contributed by atoms with van der Waals surface area (Å²) < 4.78 is 6.81. The molecular formula is C17H17BrO3. The Kier molecular flexibility index (Phi) is 3.02. The van der Waals surface area contributed by atoms with Gasteiger partial charge in [-0.1, -0.05) is 28.9 Å². The van der Waals surface area contributed by atoms with Crippen LogP contribution in [-0.4, -0.2) is 23.1 Å². The van der Waals surface area contributed by atoms with Crippen molar-refractivity contribution in [3.05, 3.63) is 39.6 Å². The molecule has 4 heteroatoms. The number of carbonyl (C=O) groups is 1. The van der Waals surface area contributed by atoms with E-state index in [1.807, 2.05) is 18.2 Å². The van der Waals surface area contributed by atoms with E-state index in [1.165, 1.54) is 0 Å². The first-order valence-electron chi connectivity index (χ1n) is 7.53. The van der Waals surface area contributed by atoms with E-state index in [0.29, 0.717) is 5.57 Å². The lowest BCUT2D eigenvalue weighted by atomic mass is 9.80. The van der Waals surface area contributed by atoms with Gasteiger partial charge in [0.25, 0.3) is 0 Å². The van der Waals surface area contributed by atoms with E-state index in [9.17, 15) is 9.90 Å². The molecule has 1 aromatic rings. The maximum Gasteiger partial charge on any atom is 0.173 e. The molecule has 2 bridgehead atoms. The fourth-order valence-electron chi connectivity index (χ4n) is 4.19. The van der Waals surface area contributed by atoms with Crippen molar-refractivity contribution in [2.24, 2.45) is 11.8 Å². The molecule has 1 aromatic carbocycles. The van der Waals surface area contributed by atoms with Crippen molar-refractivity contribution in [1.29, 1.82) is 0 Å². The summed E-state index contributed by atoms with van der Waals surface area (Å²) in [6.45, 7) is 2.07. The van der Waals surface area contributed by atoms with E-state index >= 15 is 0 Å². The van der Waals surface area contributed by atoms with Gasteiger partial charge in [0.05, 0.1) is 29.6 Å². The number of halogens is 1. The first kappa shape index (κ1) is 13.5. The normalized spacial score (nSPS) is 33.9. The van der Waals surface area contributed by atoms with Gasteiger partial charge in [0, 0.05) is 4.47 Å². The molecule has 4 atom stereocenters. The average Bonchev–Trinajstić information content (AvgIpc) is 3.14. The molecule has 0 spiro atoms. The molecule has 3 aliphatic rings. The van der Waals surface area contributed by atoms with Crippen molar-refractivity contribution >= 4 is 27.3 Å². The molecule has 0 unspecified atom stereocenters. The Morgan fingerprint density at radius 1 is 1.29 bits per heavy atom. The molecule has 0 amide bonds. The lowest BCUT2D eigenvalue weighted by Gasteiger charge is -2.19. The monoisotopic (exact) mass is 348 g/mol. The van der Waals surface area contributed by atoms with Crippen molar-refractivity contribution in [2.45, 2.75) is 38.4 Å². The van der Waals surface area contributed by atoms with Crippen LogP contribution in [0.15, 0.2) is 28.4 Å². The van der Waals surface area contributed by atoms with Gasteiger partial charge in [0.15, 0.2) is 5.78 Å². The van der Waals surface area contributed by atoms with Crippen LogP contribution in [0, 0.1) is 11.8 Å². The molecular weight excluding hydrogens is 332 g/mol. The van der Waals surface area contributed by atoms with Crippen LogP contribution in [0.4, 0.5) is 0 Å². The van der Waals surface area contributed by atoms with Gasteiger partial charge in [0.2, 0.25) is 0 Å². The van der Waals surface area contributed by atoms with Crippen LogP contribution in [0.25, 0.3) is 5.57 Å². The maximum absolute atomic E-state index is 12.8. The Balaban J connectivity index is 1.84. The number of ether oxygens (including phenoxy) is 1. The fourth-order valence-corrected chi connectivity index (χ4v) is 4.60. The Bertz CT molecular complexity index is 664. The van der Waals surface area contributed by atoms with Gasteiger partial charge >= 0.3 is 0 Å². The van der Waals surface area contributed by atoms with Crippen molar-refractivity contribution in [2.75, 3.05) is 0 Å². The predicted molar refractivity (Wildman–Crippen MR) is 83.0 cm³/mol. The zero-order valence-electron chi connectivity index (χ0n) is 11.8. The number of ketones is 1. The number of hydrogen-bond acceptors (Lipinski definition) is 3. The Morgan fingerprint density at radius 2 is 2.00 bits per heavy atom. The second-order valence-electron chi connectivity index (χ2n) is 6.12. The minimum absolute atomic E-state index is 0.00711. The minimum atomic E-state index is -0.160. The number of rotatable bonds is 2. The smallest absolute Gasteiger partial charge is 0.173 e. The highest BCUT2D eigenvalue weighted by atomic mass is 79.9. The van der Waals surface area contributed by atoms with Crippen LogP contribution in [-0.2, 0) is 16.0 Å². The number of aryl methyl sites for hydroxylation is 1. The first-order valence-corrected chi connectivity index (χ1v) is 8.32. The van der Waals surface area contributed by atoms with Gasteiger partial charge in [0.1, 0.15) is 5.76 Å². The zero-order chi connectivity index (χ0) is 14.7. The largest absolute Gasteiger partial charge is 0.511 e. The van der Waals surface area contributed by atoms with Crippen LogP contribution in [0.1, 0.15) is 30.9 Å². The summed E-state index contributed by atoms with van der Waals surface area (Å²) in [5.74, 6) is 0.0580. The third-order valence-electron chi connectivity index (χ3n) is 5.11. The number of carbonyl (C=O) groups excluding carboxylic acids is 1. The summed E-state index contributed by atoms with van der Waals surface area (Å²) in [4.78, 5) is 12.8. The van der Waals surface area contributed by atoms with Crippen LogP contribution in [0.5, 0.6) is 0 Å². The maximum atomic E-state index is 12.8. The van der Waals surface area contributed by atoms with E-state index in [2.05, 4.69) is 22.9 Å². The van der Waals surface area contributed by atoms with E-state index in [1.54, 1.807) is 0 Å². The van der Waals surface area contributed by atoms with Gasteiger partial charge in [-0.15, -0.1) is 0 Å². The molecule has 3 nitrogen and oxygen atoms in total. The molecule has 0 saturated carbocycles. The molecule has 2 fully saturated rings. The lowest BCUT2D eigenvalue weighted by molar-refractivity contribution is -0.118. The number of aliphatic hydroxyl groups is 1. The second kappa shape index (κ2) is 4.68. The van der Waals surface area contributed by atoms with E-state index < -0.39 is 0 Å². The molecule has 21 heavy (non-hydrogen) atoms. The summed E-state index contributed by atoms with van der Waals surface area (Å²) in [6.07, 6.45) is 2.77. The molecule has 0 radical (unpaired) electrons. The Hall–Kier alpha value is -1.13. The van der Waals surface area contributed by atoms with Crippen LogP contribution in [0.3, 0.4) is 0 Å². The molecule has 2 saturated heterocycles. The van der Waals surface area contributed by atoms with Crippen molar-refractivity contribution in [3.63, 3.8) is 0 Å². The number of aliphatic hydroxyl groups excluding tert-OH is 1. The highest BCUT2D eigenvalue weighted by Gasteiger charge is 2.59. The molecule has 1 N–H and O–H groups in total. The Morgan fingerprint density at radius 3 is 2.67 bits per heavy atom. The van der Waals surface area contributed by atoms with Crippen LogP contribution >= 0.6 is 15.9 Å².